The third kappa shape index (κ3) is 3.91. The minimum absolute atomic E-state index is 0.0354. The van der Waals surface area contributed by atoms with Gasteiger partial charge in [-0.1, -0.05) is 0 Å². The van der Waals surface area contributed by atoms with Crippen molar-refractivity contribution in [2.24, 2.45) is 5.92 Å². The van der Waals surface area contributed by atoms with Crippen molar-refractivity contribution in [1.82, 2.24) is 24.8 Å². The first-order valence-corrected chi connectivity index (χ1v) is 10.9. The summed E-state index contributed by atoms with van der Waals surface area (Å²) in [7, 11) is 1.36. The fourth-order valence-corrected chi connectivity index (χ4v) is 4.58. The number of ether oxygens (including phenoxy) is 1. The van der Waals surface area contributed by atoms with Crippen LogP contribution in [0.4, 0.5) is 24.8 Å². The lowest BCUT2D eigenvalue weighted by atomic mass is 10.1. The molecule has 33 heavy (non-hydrogen) atoms. The summed E-state index contributed by atoms with van der Waals surface area (Å²) < 4.78 is 44.5. The molecule has 0 unspecified atom stereocenters. The number of rotatable bonds is 4. The molecule has 0 radical (unpaired) electrons. The SMILES string of the molecule is COc1cnc(C(F)(F)F)nc1N1CC[C@@H](C(=O)N2Cc3nc(C)nc(N4CCC4)c3C2)C1. The quantitative estimate of drug-likeness (QED) is 0.682. The molecule has 5 heterocycles. The lowest BCUT2D eigenvalue weighted by Gasteiger charge is -2.33. The third-order valence-electron chi connectivity index (χ3n) is 6.39. The topological polar surface area (TPSA) is 87.6 Å². The molecule has 2 aromatic heterocycles. The highest BCUT2D eigenvalue weighted by Gasteiger charge is 2.39. The molecule has 1 atom stereocenters. The zero-order valence-electron chi connectivity index (χ0n) is 18.4. The van der Waals surface area contributed by atoms with E-state index in [0.717, 1.165) is 42.8 Å². The smallest absolute Gasteiger partial charge is 0.451 e. The van der Waals surface area contributed by atoms with Crippen LogP contribution in [-0.2, 0) is 24.1 Å². The summed E-state index contributed by atoms with van der Waals surface area (Å²) in [5.41, 5.74) is 1.87. The van der Waals surface area contributed by atoms with Crippen LogP contribution in [-0.4, -0.2) is 64.0 Å². The number of carbonyl (C=O) groups is 1. The van der Waals surface area contributed by atoms with Gasteiger partial charge in [0.25, 0.3) is 0 Å². The van der Waals surface area contributed by atoms with Gasteiger partial charge in [-0.05, 0) is 19.8 Å². The molecule has 0 N–H and O–H groups in total. The van der Waals surface area contributed by atoms with Crippen LogP contribution in [0.2, 0.25) is 0 Å². The van der Waals surface area contributed by atoms with E-state index in [1.807, 2.05) is 6.92 Å². The molecule has 2 fully saturated rings. The Labute approximate surface area is 188 Å². The van der Waals surface area contributed by atoms with Crippen molar-refractivity contribution >= 4 is 17.5 Å². The number of carbonyl (C=O) groups excluding carboxylic acids is 1. The fourth-order valence-electron chi connectivity index (χ4n) is 4.58. The number of methoxy groups -OCH3 is 1. The summed E-state index contributed by atoms with van der Waals surface area (Å²) >= 11 is 0. The second-order valence-corrected chi connectivity index (χ2v) is 8.57. The van der Waals surface area contributed by atoms with Crippen molar-refractivity contribution in [3.63, 3.8) is 0 Å². The number of hydrogen-bond acceptors (Lipinski definition) is 8. The Kier molecular flexibility index (Phi) is 5.25. The minimum atomic E-state index is -4.66. The van der Waals surface area contributed by atoms with Crippen LogP contribution in [0.1, 0.15) is 35.7 Å². The molecular formula is C21H24F3N7O2. The van der Waals surface area contributed by atoms with Crippen LogP contribution in [0.5, 0.6) is 5.75 Å². The lowest BCUT2D eigenvalue weighted by Crippen LogP contribution is -2.39. The molecule has 0 aromatic carbocycles. The van der Waals surface area contributed by atoms with Crippen molar-refractivity contribution in [2.75, 3.05) is 43.1 Å². The maximum absolute atomic E-state index is 13.3. The Hall–Kier alpha value is -3.18. The summed E-state index contributed by atoms with van der Waals surface area (Å²) in [6.45, 7) is 5.30. The molecule has 176 valence electrons. The summed E-state index contributed by atoms with van der Waals surface area (Å²) in [6, 6.07) is 0. The van der Waals surface area contributed by atoms with Gasteiger partial charge in [0.1, 0.15) is 11.6 Å². The van der Waals surface area contributed by atoms with Crippen molar-refractivity contribution in [3.8, 4) is 5.75 Å². The average molecular weight is 463 g/mol. The number of anilines is 2. The zero-order valence-corrected chi connectivity index (χ0v) is 18.4. The molecule has 9 nitrogen and oxygen atoms in total. The maximum Gasteiger partial charge on any atom is 0.451 e. The average Bonchev–Trinajstić information content (AvgIpc) is 3.38. The first-order chi connectivity index (χ1) is 15.7. The standard InChI is InChI=1S/C21H24F3N7O2/c1-12-26-15-11-31(10-14(15)17(27-12)29-5-3-6-29)19(32)13-4-7-30(9-13)18-16(33-2)8-25-20(28-18)21(22,23)24/h8,13H,3-7,9-11H2,1-2H3/t13-/m1/s1. The first-order valence-electron chi connectivity index (χ1n) is 10.9. The van der Waals surface area contributed by atoms with Gasteiger partial charge < -0.3 is 19.4 Å². The Bertz CT molecular complexity index is 1090. The van der Waals surface area contributed by atoms with Crippen molar-refractivity contribution in [2.45, 2.75) is 39.0 Å². The Morgan fingerprint density at radius 2 is 1.88 bits per heavy atom. The zero-order chi connectivity index (χ0) is 23.3. The number of nitrogens with zero attached hydrogens (tertiary/aromatic N) is 7. The Morgan fingerprint density at radius 3 is 2.55 bits per heavy atom. The van der Waals surface area contributed by atoms with E-state index >= 15 is 0 Å². The Balaban J connectivity index is 1.32. The molecule has 3 aliphatic heterocycles. The number of aryl methyl sites for hydroxylation is 1. The van der Waals surface area contributed by atoms with Gasteiger partial charge in [-0.2, -0.15) is 13.2 Å². The highest BCUT2D eigenvalue weighted by atomic mass is 19.4. The number of fused-ring (bicyclic) bond motifs is 1. The van der Waals surface area contributed by atoms with Gasteiger partial charge in [-0.3, -0.25) is 4.79 Å². The van der Waals surface area contributed by atoms with E-state index in [4.69, 9.17) is 4.74 Å². The molecule has 0 spiro atoms. The number of halogens is 3. The van der Waals surface area contributed by atoms with Crippen molar-refractivity contribution < 1.29 is 22.7 Å². The number of alkyl halides is 3. The molecule has 0 saturated carbocycles. The molecule has 3 aliphatic rings. The summed E-state index contributed by atoms with van der Waals surface area (Å²) in [4.78, 5) is 35.2. The van der Waals surface area contributed by atoms with E-state index in [1.54, 1.807) is 9.80 Å². The lowest BCUT2D eigenvalue weighted by molar-refractivity contribution is -0.145. The van der Waals surface area contributed by atoms with Gasteiger partial charge in [-0.25, -0.2) is 19.9 Å². The molecule has 0 aliphatic carbocycles. The van der Waals surface area contributed by atoms with Crippen molar-refractivity contribution in [3.05, 3.63) is 29.1 Å². The van der Waals surface area contributed by atoms with E-state index < -0.39 is 12.0 Å². The molecule has 0 bridgehead atoms. The normalized spacial score (nSPS) is 20.2. The molecule has 12 heteroatoms. The fraction of sp³-hybridized carbons (Fsp3) is 0.571. The number of amides is 1. The molecule has 5 rings (SSSR count). The maximum atomic E-state index is 13.3. The minimum Gasteiger partial charge on any atom is -0.491 e. The van der Waals surface area contributed by atoms with E-state index in [0.29, 0.717) is 31.9 Å². The van der Waals surface area contributed by atoms with Gasteiger partial charge in [0.15, 0.2) is 11.6 Å². The predicted octanol–water partition coefficient (Wildman–Crippen LogP) is 2.18. The molecule has 2 aromatic rings. The molecular weight excluding hydrogens is 439 g/mol. The second kappa shape index (κ2) is 7.99. The molecule has 1 amide bonds. The highest BCUT2D eigenvalue weighted by molar-refractivity contribution is 5.81. The van der Waals surface area contributed by atoms with Crippen LogP contribution in [0.15, 0.2) is 6.20 Å². The second-order valence-electron chi connectivity index (χ2n) is 8.57. The van der Waals surface area contributed by atoms with E-state index in [-0.39, 0.29) is 29.9 Å². The van der Waals surface area contributed by atoms with E-state index in [9.17, 15) is 18.0 Å². The van der Waals surface area contributed by atoms with Gasteiger partial charge in [0.2, 0.25) is 11.7 Å². The van der Waals surface area contributed by atoms with Crippen LogP contribution >= 0.6 is 0 Å². The molecule has 2 saturated heterocycles. The van der Waals surface area contributed by atoms with Crippen LogP contribution in [0.25, 0.3) is 0 Å². The van der Waals surface area contributed by atoms with Gasteiger partial charge >= 0.3 is 6.18 Å². The highest BCUT2D eigenvalue weighted by Crippen LogP contribution is 2.36. The third-order valence-corrected chi connectivity index (χ3v) is 6.39. The van der Waals surface area contributed by atoms with Crippen molar-refractivity contribution in [1.29, 1.82) is 0 Å². The predicted molar refractivity (Wildman–Crippen MR) is 112 cm³/mol. The summed E-state index contributed by atoms with van der Waals surface area (Å²) in [5, 5.41) is 0. The van der Waals surface area contributed by atoms with Gasteiger partial charge in [0, 0.05) is 31.7 Å². The summed E-state index contributed by atoms with van der Waals surface area (Å²) in [6.07, 6.45) is -1.99. The van der Waals surface area contributed by atoms with Crippen LogP contribution in [0.3, 0.4) is 0 Å². The number of aromatic nitrogens is 4. The van der Waals surface area contributed by atoms with E-state index in [2.05, 4.69) is 24.8 Å². The van der Waals surface area contributed by atoms with E-state index in [1.165, 1.54) is 7.11 Å². The van der Waals surface area contributed by atoms with Gasteiger partial charge in [-0.15, -0.1) is 0 Å². The Morgan fingerprint density at radius 1 is 1.09 bits per heavy atom. The monoisotopic (exact) mass is 463 g/mol. The van der Waals surface area contributed by atoms with Crippen LogP contribution < -0.4 is 14.5 Å². The first kappa shape index (κ1) is 21.7. The largest absolute Gasteiger partial charge is 0.491 e. The van der Waals surface area contributed by atoms with Crippen LogP contribution in [0, 0.1) is 12.8 Å². The summed E-state index contributed by atoms with van der Waals surface area (Å²) in [5.74, 6) is 0.193. The van der Waals surface area contributed by atoms with Gasteiger partial charge in [0.05, 0.1) is 38.0 Å². The number of hydrogen-bond donors (Lipinski definition) is 0.